The Balaban J connectivity index is 2.10. The molecule has 21 heavy (non-hydrogen) atoms. The lowest BCUT2D eigenvalue weighted by Gasteiger charge is -2.14. The summed E-state index contributed by atoms with van der Waals surface area (Å²) in [6.45, 7) is 6.64. The van der Waals surface area contributed by atoms with E-state index >= 15 is 0 Å². The van der Waals surface area contributed by atoms with E-state index in [1.54, 1.807) is 11.9 Å². The Morgan fingerprint density at radius 3 is 2.76 bits per heavy atom. The Labute approximate surface area is 137 Å². The summed E-state index contributed by atoms with van der Waals surface area (Å²) in [6.07, 6.45) is 0.910. The smallest absolute Gasteiger partial charge is 0.266 e. The summed E-state index contributed by atoms with van der Waals surface area (Å²) in [5, 5.41) is 1.03. The third-order valence-corrected chi connectivity index (χ3v) is 4.58. The average Bonchev–Trinajstić information content (AvgIpc) is 2.94. The maximum absolute atomic E-state index is 12.5. The fourth-order valence-corrected chi connectivity index (χ4v) is 3.61. The van der Waals surface area contributed by atoms with Crippen molar-refractivity contribution < 1.29 is 9.21 Å². The molecule has 0 aliphatic heterocycles. The van der Waals surface area contributed by atoms with Crippen LogP contribution in [0.3, 0.4) is 0 Å². The van der Waals surface area contributed by atoms with Gasteiger partial charge in [0.05, 0.1) is 17.2 Å². The van der Waals surface area contributed by atoms with E-state index in [1.807, 2.05) is 19.1 Å². The Morgan fingerprint density at radius 1 is 1.48 bits per heavy atom. The zero-order valence-electron chi connectivity index (χ0n) is 12.6. The summed E-state index contributed by atoms with van der Waals surface area (Å²) < 4.78 is 6.11. The van der Waals surface area contributed by atoms with Gasteiger partial charge in [0.15, 0.2) is 4.67 Å². The zero-order valence-corrected chi connectivity index (χ0v) is 15.0. The number of carbonyl (C=O) groups excluding carboxylic acids is 1. The Bertz CT molecular complexity index is 633. The van der Waals surface area contributed by atoms with Crippen molar-refractivity contribution in [3.63, 3.8) is 0 Å². The van der Waals surface area contributed by atoms with Crippen LogP contribution in [0, 0.1) is 12.8 Å². The molecule has 0 bridgehead atoms. The molecule has 0 aliphatic carbocycles. The summed E-state index contributed by atoms with van der Waals surface area (Å²) in [7, 11) is 1.78. The summed E-state index contributed by atoms with van der Waals surface area (Å²) >= 11 is 4.76. The standard InChI is InChI=1S/C15H19BrN2O2S/c1-9(2)7-13-17-10(3)14(21-13)15(19)18(4)8-11-5-6-12(16)20-11/h5-6,9H,7-8H2,1-4H3. The van der Waals surface area contributed by atoms with Crippen molar-refractivity contribution in [1.29, 1.82) is 0 Å². The van der Waals surface area contributed by atoms with Gasteiger partial charge in [0.1, 0.15) is 10.6 Å². The number of halogens is 1. The second-order valence-corrected chi connectivity index (χ2v) is 7.35. The lowest BCUT2D eigenvalue weighted by Crippen LogP contribution is -2.25. The van der Waals surface area contributed by atoms with Crippen LogP contribution in [0.25, 0.3) is 0 Å². The maximum atomic E-state index is 12.5. The zero-order chi connectivity index (χ0) is 15.6. The number of thiazole rings is 1. The Kier molecular flexibility index (Phi) is 5.22. The SMILES string of the molecule is Cc1nc(CC(C)C)sc1C(=O)N(C)Cc1ccc(Br)o1. The van der Waals surface area contributed by atoms with E-state index in [0.717, 1.165) is 27.8 Å². The predicted molar refractivity (Wildman–Crippen MR) is 87.6 cm³/mol. The predicted octanol–water partition coefficient (Wildman–Crippen LogP) is 4.28. The summed E-state index contributed by atoms with van der Waals surface area (Å²) in [4.78, 5) is 19.4. The number of aromatic nitrogens is 1. The number of amides is 1. The highest BCUT2D eigenvalue weighted by Crippen LogP contribution is 2.23. The van der Waals surface area contributed by atoms with Gasteiger partial charge in [0, 0.05) is 13.5 Å². The number of rotatable bonds is 5. The molecule has 0 aliphatic rings. The molecule has 0 aromatic carbocycles. The molecule has 2 aromatic heterocycles. The second kappa shape index (κ2) is 6.75. The fourth-order valence-electron chi connectivity index (χ4n) is 2.00. The number of carbonyl (C=O) groups is 1. The van der Waals surface area contributed by atoms with Crippen LogP contribution in [0.5, 0.6) is 0 Å². The maximum Gasteiger partial charge on any atom is 0.266 e. The van der Waals surface area contributed by atoms with Crippen molar-refractivity contribution >= 4 is 33.2 Å². The number of nitrogens with zero attached hydrogens (tertiary/aromatic N) is 2. The van der Waals surface area contributed by atoms with Gasteiger partial charge in [-0.3, -0.25) is 4.79 Å². The first-order valence-electron chi connectivity index (χ1n) is 6.82. The van der Waals surface area contributed by atoms with E-state index in [-0.39, 0.29) is 5.91 Å². The number of furan rings is 1. The van der Waals surface area contributed by atoms with Crippen LogP contribution < -0.4 is 0 Å². The Morgan fingerprint density at radius 2 is 2.19 bits per heavy atom. The van der Waals surface area contributed by atoms with Gasteiger partial charge in [-0.05, 0) is 40.9 Å². The molecule has 0 radical (unpaired) electrons. The number of aryl methyl sites for hydroxylation is 1. The Hall–Kier alpha value is -1.14. The van der Waals surface area contributed by atoms with E-state index in [2.05, 4.69) is 34.8 Å². The lowest BCUT2D eigenvalue weighted by atomic mass is 10.1. The molecule has 0 N–H and O–H groups in total. The highest BCUT2D eigenvalue weighted by molar-refractivity contribution is 9.10. The number of hydrogen-bond donors (Lipinski definition) is 0. The summed E-state index contributed by atoms with van der Waals surface area (Å²) in [5.74, 6) is 1.28. The number of hydrogen-bond acceptors (Lipinski definition) is 4. The van der Waals surface area contributed by atoms with Gasteiger partial charge in [0.25, 0.3) is 5.91 Å². The molecule has 0 fully saturated rings. The molecule has 114 valence electrons. The van der Waals surface area contributed by atoms with Gasteiger partial charge in [-0.15, -0.1) is 11.3 Å². The molecule has 1 amide bonds. The van der Waals surface area contributed by atoms with Crippen molar-refractivity contribution in [2.75, 3.05) is 7.05 Å². The fraction of sp³-hybridized carbons (Fsp3) is 0.467. The van der Waals surface area contributed by atoms with Crippen LogP contribution in [0.15, 0.2) is 21.2 Å². The molecule has 0 unspecified atom stereocenters. The van der Waals surface area contributed by atoms with Crippen LogP contribution in [0.2, 0.25) is 0 Å². The first-order chi connectivity index (χ1) is 9.86. The van der Waals surface area contributed by atoms with Crippen molar-refractivity contribution in [3.8, 4) is 0 Å². The van der Waals surface area contributed by atoms with Gasteiger partial charge >= 0.3 is 0 Å². The highest BCUT2D eigenvalue weighted by Gasteiger charge is 2.20. The minimum absolute atomic E-state index is 0.00692. The van der Waals surface area contributed by atoms with Gasteiger partial charge in [-0.1, -0.05) is 13.8 Å². The minimum atomic E-state index is -0.00692. The summed E-state index contributed by atoms with van der Waals surface area (Å²) in [6, 6.07) is 3.68. The van der Waals surface area contributed by atoms with Crippen molar-refractivity contribution in [1.82, 2.24) is 9.88 Å². The van der Waals surface area contributed by atoms with E-state index in [0.29, 0.717) is 17.1 Å². The summed E-state index contributed by atoms with van der Waals surface area (Å²) in [5.41, 5.74) is 0.813. The van der Waals surface area contributed by atoms with Gasteiger partial charge in [-0.25, -0.2) is 4.98 Å². The monoisotopic (exact) mass is 370 g/mol. The average molecular weight is 371 g/mol. The van der Waals surface area contributed by atoms with Crippen LogP contribution in [-0.2, 0) is 13.0 Å². The highest BCUT2D eigenvalue weighted by atomic mass is 79.9. The molecule has 0 spiro atoms. The van der Waals surface area contributed by atoms with Gasteiger partial charge in [-0.2, -0.15) is 0 Å². The van der Waals surface area contributed by atoms with Crippen LogP contribution in [0.4, 0.5) is 0 Å². The normalized spacial score (nSPS) is 11.1. The molecule has 6 heteroatoms. The third-order valence-electron chi connectivity index (χ3n) is 2.99. The molecule has 4 nitrogen and oxygen atoms in total. The topological polar surface area (TPSA) is 46.3 Å². The quantitative estimate of drug-likeness (QED) is 0.788. The molecule has 2 rings (SSSR count). The lowest BCUT2D eigenvalue weighted by molar-refractivity contribution is 0.0779. The van der Waals surface area contributed by atoms with E-state index in [1.165, 1.54) is 11.3 Å². The molecule has 2 heterocycles. The second-order valence-electron chi connectivity index (χ2n) is 5.49. The van der Waals surface area contributed by atoms with E-state index in [4.69, 9.17) is 4.42 Å². The van der Waals surface area contributed by atoms with Crippen LogP contribution in [-0.4, -0.2) is 22.8 Å². The van der Waals surface area contributed by atoms with Crippen molar-refractivity contribution in [2.24, 2.45) is 5.92 Å². The molecular formula is C15H19BrN2O2S. The molecular weight excluding hydrogens is 352 g/mol. The van der Waals surface area contributed by atoms with Gasteiger partial charge < -0.3 is 9.32 Å². The molecule has 0 atom stereocenters. The van der Waals surface area contributed by atoms with E-state index in [9.17, 15) is 4.79 Å². The first kappa shape index (κ1) is 16.2. The first-order valence-corrected chi connectivity index (χ1v) is 8.43. The van der Waals surface area contributed by atoms with E-state index < -0.39 is 0 Å². The molecule has 0 saturated carbocycles. The molecule has 0 saturated heterocycles. The molecule has 2 aromatic rings. The van der Waals surface area contributed by atoms with Crippen molar-refractivity contribution in [3.05, 3.63) is 38.1 Å². The van der Waals surface area contributed by atoms with Gasteiger partial charge in [0.2, 0.25) is 0 Å². The van der Waals surface area contributed by atoms with Crippen LogP contribution in [0.1, 0.15) is 40.0 Å². The third kappa shape index (κ3) is 4.17. The van der Waals surface area contributed by atoms with Crippen molar-refractivity contribution in [2.45, 2.75) is 33.7 Å². The largest absolute Gasteiger partial charge is 0.452 e. The minimum Gasteiger partial charge on any atom is -0.452 e. The van der Waals surface area contributed by atoms with Crippen LogP contribution >= 0.6 is 27.3 Å².